The monoisotopic (exact) mass is 352 g/mol. The zero-order valence-electron chi connectivity index (χ0n) is 10.3. The average molecular weight is 353 g/mol. The zero-order chi connectivity index (χ0) is 13.2. The van der Waals surface area contributed by atoms with E-state index < -0.39 is 0 Å². The maximum absolute atomic E-state index is 5.37. The van der Waals surface area contributed by atoms with Crippen molar-refractivity contribution in [3.8, 4) is 0 Å². The van der Waals surface area contributed by atoms with Crippen LogP contribution in [0.4, 0.5) is 0 Å². The first-order chi connectivity index (χ1) is 9.22. The van der Waals surface area contributed by atoms with Gasteiger partial charge < -0.3 is 4.98 Å². The van der Waals surface area contributed by atoms with Crippen LogP contribution in [0.1, 0.15) is 23.5 Å². The second kappa shape index (κ2) is 5.77. The van der Waals surface area contributed by atoms with Gasteiger partial charge in [-0.05, 0) is 37.5 Å². The molecule has 0 spiro atoms. The summed E-state index contributed by atoms with van der Waals surface area (Å²) in [6.45, 7) is 0. The number of aryl methyl sites for hydroxylation is 1. The minimum absolute atomic E-state index is 0.788. The van der Waals surface area contributed by atoms with E-state index in [1.165, 1.54) is 22.6 Å². The van der Waals surface area contributed by atoms with Gasteiger partial charge in [0.1, 0.15) is 10.5 Å². The molecule has 0 radical (unpaired) electrons. The molecule has 2 nitrogen and oxygen atoms in total. The first-order valence-electron chi connectivity index (χ1n) is 6.22. The number of rotatable bonds is 3. The highest BCUT2D eigenvalue weighted by Crippen LogP contribution is 2.26. The van der Waals surface area contributed by atoms with Crippen LogP contribution in [-0.2, 0) is 18.6 Å². The van der Waals surface area contributed by atoms with Crippen molar-refractivity contribution in [3.05, 3.63) is 50.5 Å². The number of halogens is 1. The highest BCUT2D eigenvalue weighted by atomic mass is 79.9. The van der Waals surface area contributed by atoms with E-state index in [4.69, 9.17) is 12.2 Å². The summed E-state index contributed by atoms with van der Waals surface area (Å²) in [7, 11) is 0. The summed E-state index contributed by atoms with van der Waals surface area (Å²) in [5.74, 6) is 1.81. The summed E-state index contributed by atoms with van der Waals surface area (Å²) in [6.07, 6.45) is 3.38. The van der Waals surface area contributed by atoms with E-state index in [-0.39, 0.29) is 0 Å². The van der Waals surface area contributed by atoms with Crippen LogP contribution in [0.2, 0.25) is 0 Å². The molecular weight excluding hydrogens is 340 g/mol. The number of aromatic amines is 1. The Balaban J connectivity index is 1.77. The van der Waals surface area contributed by atoms with Crippen molar-refractivity contribution in [1.29, 1.82) is 0 Å². The summed E-state index contributed by atoms with van der Waals surface area (Å²) in [6, 6.07) is 8.31. The number of nitrogens with one attached hydrogen (secondary N) is 1. The smallest absolute Gasteiger partial charge is 0.133 e. The van der Waals surface area contributed by atoms with Crippen LogP contribution in [0.3, 0.4) is 0 Å². The average Bonchev–Trinajstić information content (AvgIpc) is 2.85. The molecule has 3 rings (SSSR count). The van der Waals surface area contributed by atoms with Crippen LogP contribution in [-0.4, -0.2) is 9.97 Å². The van der Waals surface area contributed by atoms with Gasteiger partial charge >= 0.3 is 0 Å². The van der Waals surface area contributed by atoms with E-state index in [2.05, 4.69) is 38.0 Å². The summed E-state index contributed by atoms with van der Waals surface area (Å²) in [5, 5.41) is 0. The molecule has 5 heteroatoms. The lowest BCUT2D eigenvalue weighted by Gasteiger charge is -2.06. The van der Waals surface area contributed by atoms with E-state index in [1.807, 2.05) is 12.1 Å². The topological polar surface area (TPSA) is 28.7 Å². The fourth-order valence-corrected chi connectivity index (χ4v) is 4.00. The second-order valence-corrected chi connectivity index (χ2v) is 6.90. The van der Waals surface area contributed by atoms with Crippen molar-refractivity contribution in [3.63, 3.8) is 0 Å². The van der Waals surface area contributed by atoms with Crippen LogP contribution in [0.25, 0.3) is 0 Å². The lowest BCUT2D eigenvalue weighted by atomic mass is 10.3. The van der Waals surface area contributed by atoms with E-state index in [0.29, 0.717) is 0 Å². The minimum atomic E-state index is 0.788. The standard InChI is InChI=1S/C14H13BrN2S2/c15-9-3-1-4-10(7-9)19-8-13-16-12-6-2-5-11(12)14(18)17-13/h1,3-4,7H,2,5-6,8H2,(H,16,17,18). The predicted molar refractivity (Wildman–Crippen MR) is 85.1 cm³/mol. The zero-order valence-corrected chi connectivity index (χ0v) is 13.5. The fraction of sp³-hybridized carbons (Fsp3) is 0.286. The Labute approximate surface area is 130 Å². The molecule has 1 N–H and O–H groups in total. The lowest BCUT2D eigenvalue weighted by Crippen LogP contribution is -1.99. The Hall–Kier alpha value is -0.650. The first-order valence-corrected chi connectivity index (χ1v) is 8.40. The number of hydrogen-bond donors (Lipinski definition) is 1. The SMILES string of the molecule is S=c1nc(CSc2cccc(Br)c2)[nH]c2c1CCC2. The first kappa shape index (κ1) is 13.3. The van der Waals surface area contributed by atoms with E-state index in [0.717, 1.165) is 33.5 Å². The molecule has 1 aromatic carbocycles. The summed E-state index contributed by atoms with van der Waals surface area (Å²) in [4.78, 5) is 9.18. The molecule has 0 saturated heterocycles. The van der Waals surface area contributed by atoms with Crippen LogP contribution >= 0.6 is 39.9 Å². The number of benzene rings is 1. The molecule has 19 heavy (non-hydrogen) atoms. The van der Waals surface area contributed by atoms with Crippen molar-refractivity contribution in [2.75, 3.05) is 0 Å². The van der Waals surface area contributed by atoms with Gasteiger partial charge in [-0.25, -0.2) is 4.98 Å². The number of nitrogens with zero attached hydrogens (tertiary/aromatic N) is 1. The quantitative estimate of drug-likeness (QED) is 0.641. The Morgan fingerprint density at radius 2 is 2.26 bits per heavy atom. The molecule has 0 aliphatic heterocycles. The molecule has 0 fully saturated rings. The molecule has 1 aliphatic rings. The Kier molecular flexibility index (Phi) is 4.05. The second-order valence-electron chi connectivity index (χ2n) is 4.55. The molecule has 1 aromatic heterocycles. The lowest BCUT2D eigenvalue weighted by molar-refractivity contribution is 0.893. The maximum Gasteiger partial charge on any atom is 0.133 e. The van der Waals surface area contributed by atoms with Gasteiger partial charge in [0.05, 0.1) is 5.75 Å². The Morgan fingerprint density at radius 1 is 1.37 bits per heavy atom. The van der Waals surface area contributed by atoms with Crippen LogP contribution in [0.5, 0.6) is 0 Å². The van der Waals surface area contributed by atoms with Gasteiger partial charge in [-0.1, -0.05) is 34.2 Å². The van der Waals surface area contributed by atoms with Crippen LogP contribution < -0.4 is 0 Å². The maximum atomic E-state index is 5.37. The molecular formula is C14H13BrN2S2. The van der Waals surface area contributed by atoms with Gasteiger partial charge in [0.2, 0.25) is 0 Å². The molecule has 0 amide bonds. The number of H-pyrrole nitrogens is 1. The van der Waals surface area contributed by atoms with Gasteiger partial charge in [0.15, 0.2) is 0 Å². The number of hydrogen-bond acceptors (Lipinski definition) is 3. The van der Waals surface area contributed by atoms with Gasteiger partial charge in [0.25, 0.3) is 0 Å². The highest BCUT2D eigenvalue weighted by molar-refractivity contribution is 9.10. The summed E-state index contributed by atoms with van der Waals surface area (Å²) in [5.41, 5.74) is 2.55. The number of aromatic nitrogens is 2. The molecule has 0 atom stereocenters. The van der Waals surface area contributed by atoms with Crippen molar-refractivity contribution in [1.82, 2.24) is 9.97 Å². The molecule has 0 bridgehead atoms. The number of thioether (sulfide) groups is 1. The largest absolute Gasteiger partial charge is 0.346 e. The van der Waals surface area contributed by atoms with Crippen molar-refractivity contribution in [2.24, 2.45) is 0 Å². The third-order valence-corrected chi connectivity index (χ3v) is 5.02. The Morgan fingerprint density at radius 3 is 3.11 bits per heavy atom. The normalized spacial score (nSPS) is 13.5. The highest BCUT2D eigenvalue weighted by Gasteiger charge is 2.14. The Bertz CT molecular complexity index is 667. The van der Waals surface area contributed by atoms with Crippen LogP contribution in [0.15, 0.2) is 33.6 Å². The van der Waals surface area contributed by atoms with Gasteiger partial charge in [-0.2, -0.15) is 0 Å². The van der Waals surface area contributed by atoms with Gasteiger partial charge in [-0.15, -0.1) is 11.8 Å². The third-order valence-electron chi connectivity index (χ3n) is 3.18. The third kappa shape index (κ3) is 3.09. The van der Waals surface area contributed by atoms with Gasteiger partial charge in [-0.3, -0.25) is 0 Å². The fourth-order valence-electron chi connectivity index (χ4n) is 2.29. The summed E-state index contributed by atoms with van der Waals surface area (Å²) >= 11 is 10.6. The van der Waals surface area contributed by atoms with Crippen LogP contribution in [0, 0.1) is 4.64 Å². The van der Waals surface area contributed by atoms with E-state index in [1.54, 1.807) is 11.8 Å². The molecule has 0 saturated carbocycles. The summed E-state index contributed by atoms with van der Waals surface area (Å²) < 4.78 is 1.89. The minimum Gasteiger partial charge on any atom is -0.346 e. The van der Waals surface area contributed by atoms with Gasteiger partial charge in [0, 0.05) is 20.6 Å². The number of fused-ring (bicyclic) bond motifs is 1. The molecule has 1 heterocycles. The molecule has 98 valence electrons. The van der Waals surface area contributed by atoms with Crippen molar-refractivity contribution < 1.29 is 0 Å². The van der Waals surface area contributed by atoms with Crippen molar-refractivity contribution in [2.45, 2.75) is 29.9 Å². The van der Waals surface area contributed by atoms with E-state index >= 15 is 0 Å². The van der Waals surface area contributed by atoms with E-state index in [9.17, 15) is 0 Å². The predicted octanol–water partition coefficient (Wildman–Crippen LogP) is 4.68. The van der Waals surface area contributed by atoms with Crippen molar-refractivity contribution >= 4 is 39.9 Å². The molecule has 1 aliphatic carbocycles. The molecule has 0 unspecified atom stereocenters. The molecule has 2 aromatic rings.